The van der Waals surface area contributed by atoms with Crippen molar-refractivity contribution in [3.8, 4) is 0 Å². The molecule has 94 valence electrons. The molecule has 0 amide bonds. The van der Waals surface area contributed by atoms with Crippen molar-refractivity contribution in [2.75, 3.05) is 5.73 Å². The molecule has 3 nitrogen and oxygen atoms in total. The molecule has 1 atom stereocenters. The normalized spacial score (nSPS) is 12.4. The highest BCUT2D eigenvalue weighted by Crippen LogP contribution is 2.26. The minimum Gasteiger partial charge on any atom is -0.398 e. The van der Waals surface area contributed by atoms with Crippen molar-refractivity contribution in [3.63, 3.8) is 0 Å². The van der Waals surface area contributed by atoms with Crippen LogP contribution < -0.4 is 11.5 Å². The van der Waals surface area contributed by atoms with E-state index >= 15 is 0 Å². The lowest BCUT2D eigenvalue weighted by molar-refractivity contribution is 0.624. The first-order valence-corrected chi connectivity index (χ1v) is 5.84. The molecule has 0 fully saturated rings. The molecule has 0 aliphatic heterocycles. The third-order valence-corrected chi connectivity index (χ3v) is 3.07. The molecule has 18 heavy (non-hydrogen) atoms. The molecule has 2 rings (SSSR count). The van der Waals surface area contributed by atoms with Crippen molar-refractivity contribution in [3.05, 3.63) is 58.6 Å². The minimum absolute atomic E-state index is 0.324. The van der Waals surface area contributed by atoms with Gasteiger partial charge in [-0.25, -0.2) is 4.39 Å². The number of nitrogen functional groups attached to an aromatic ring is 1. The fraction of sp³-hybridized carbons (Fsp3) is 0.154. The van der Waals surface area contributed by atoms with Crippen LogP contribution in [0.25, 0.3) is 0 Å². The van der Waals surface area contributed by atoms with Gasteiger partial charge in [0, 0.05) is 29.1 Å². The summed E-state index contributed by atoms with van der Waals surface area (Å²) in [7, 11) is 0. The van der Waals surface area contributed by atoms with Gasteiger partial charge in [-0.1, -0.05) is 17.7 Å². The highest BCUT2D eigenvalue weighted by atomic mass is 35.5. The lowest BCUT2D eigenvalue weighted by Gasteiger charge is -2.14. The number of aromatic nitrogens is 1. The molecule has 5 heteroatoms. The summed E-state index contributed by atoms with van der Waals surface area (Å²) in [5, 5.41) is 0.324. The molecule has 0 spiro atoms. The summed E-state index contributed by atoms with van der Waals surface area (Å²) >= 11 is 5.96. The van der Waals surface area contributed by atoms with Gasteiger partial charge in [0.25, 0.3) is 0 Å². The number of hydrogen-bond acceptors (Lipinski definition) is 3. The second kappa shape index (κ2) is 5.33. The largest absolute Gasteiger partial charge is 0.398 e. The van der Waals surface area contributed by atoms with Crippen LogP contribution in [0.3, 0.4) is 0 Å². The van der Waals surface area contributed by atoms with Gasteiger partial charge in [0.05, 0.1) is 0 Å². The lowest BCUT2D eigenvalue weighted by atomic mass is 10.00. The van der Waals surface area contributed by atoms with Gasteiger partial charge in [-0.2, -0.15) is 0 Å². The molecule has 0 aliphatic rings. The fourth-order valence-electron chi connectivity index (χ4n) is 1.76. The number of benzene rings is 1. The molecule has 0 bridgehead atoms. The van der Waals surface area contributed by atoms with Gasteiger partial charge < -0.3 is 11.5 Å². The Kier molecular flexibility index (Phi) is 3.79. The molecule has 1 aromatic carbocycles. The highest BCUT2D eigenvalue weighted by Gasteiger charge is 2.13. The summed E-state index contributed by atoms with van der Waals surface area (Å²) in [6.45, 7) is 0. The first kappa shape index (κ1) is 12.8. The number of rotatable bonds is 3. The molecule has 1 heterocycles. The van der Waals surface area contributed by atoms with Crippen molar-refractivity contribution in [2.24, 2.45) is 5.73 Å². The molecule has 1 aromatic heterocycles. The molecular weight excluding hydrogens is 253 g/mol. The van der Waals surface area contributed by atoms with Crippen LogP contribution in [0.4, 0.5) is 10.1 Å². The molecule has 0 saturated heterocycles. The van der Waals surface area contributed by atoms with E-state index in [0.717, 1.165) is 5.56 Å². The Morgan fingerprint density at radius 3 is 2.78 bits per heavy atom. The molecule has 0 saturated carbocycles. The molecule has 1 unspecified atom stereocenters. The van der Waals surface area contributed by atoms with Gasteiger partial charge in [0.2, 0.25) is 0 Å². The summed E-state index contributed by atoms with van der Waals surface area (Å²) in [5.74, 6) is -0.378. The van der Waals surface area contributed by atoms with Gasteiger partial charge >= 0.3 is 0 Å². The van der Waals surface area contributed by atoms with E-state index in [9.17, 15) is 4.39 Å². The second-order valence-electron chi connectivity index (χ2n) is 4.05. The molecule has 4 N–H and O–H groups in total. The zero-order chi connectivity index (χ0) is 13.1. The average molecular weight is 266 g/mol. The average Bonchev–Trinajstić information content (AvgIpc) is 2.32. The first-order valence-electron chi connectivity index (χ1n) is 5.47. The zero-order valence-corrected chi connectivity index (χ0v) is 10.4. The second-order valence-corrected chi connectivity index (χ2v) is 4.46. The van der Waals surface area contributed by atoms with Crippen molar-refractivity contribution < 1.29 is 4.39 Å². The van der Waals surface area contributed by atoms with E-state index in [-0.39, 0.29) is 11.9 Å². The van der Waals surface area contributed by atoms with Crippen LogP contribution >= 0.6 is 11.6 Å². The number of nitrogens with zero attached hydrogens (tertiary/aromatic N) is 1. The monoisotopic (exact) mass is 265 g/mol. The van der Waals surface area contributed by atoms with Crippen LogP contribution in [-0.2, 0) is 6.42 Å². The van der Waals surface area contributed by atoms with Crippen LogP contribution in [0, 0.1) is 5.82 Å². The Bertz CT molecular complexity index is 560. The smallest absolute Gasteiger partial charge is 0.124 e. The number of halogens is 2. The van der Waals surface area contributed by atoms with Gasteiger partial charge in [0.1, 0.15) is 5.82 Å². The van der Waals surface area contributed by atoms with E-state index in [2.05, 4.69) is 4.98 Å². The molecule has 0 aliphatic carbocycles. The van der Waals surface area contributed by atoms with Crippen LogP contribution in [-0.4, -0.2) is 4.98 Å². The van der Waals surface area contributed by atoms with Crippen molar-refractivity contribution in [1.82, 2.24) is 4.98 Å². The standard InChI is InChI=1S/C13H13ClFN3/c14-11-6-9(15)1-2-10(11)13(17)5-8-7-18-4-3-12(8)16/h1-4,6-7,13H,5,17H2,(H2,16,18). The Balaban J connectivity index is 2.22. The van der Waals surface area contributed by atoms with Gasteiger partial charge in [-0.3, -0.25) is 4.98 Å². The van der Waals surface area contributed by atoms with Gasteiger partial charge in [-0.05, 0) is 35.7 Å². The maximum absolute atomic E-state index is 12.9. The SMILES string of the molecule is Nc1ccncc1CC(N)c1ccc(F)cc1Cl. The Labute approximate surface area is 110 Å². The third-order valence-electron chi connectivity index (χ3n) is 2.74. The maximum atomic E-state index is 12.9. The first-order chi connectivity index (χ1) is 8.58. The minimum atomic E-state index is -0.378. The van der Waals surface area contributed by atoms with Gasteiger partial charge in [0.15, 0.2) is 0 Å². The summed E-state index contributed by atoms with van der Waals surface area (Å²) < 4.78 is 12.9. The Morgan fingerprint density at radius 1 is 1.33 bits per heavy atom. The molecule has 2 aromatic rings. The molecular formula is C13H13ClFN3. The Hall–Kier alpha value is -1.65. The predicted molar refractivity (Wildman–Crippen MR) is 70.7 cm³/mol. The maximum Gasteiger partial charge on any atom is 0.124 e. The number of hydrogen-bond donors (Lipinski definition) is 2. The van der Waals surface area contributed by atoms with Crippen molar-refractivity contribution >= 4 is 17.3 Å². The van der Waals surface area contributed by atoms with Crippen molar-refractivity contribution in [1.29, 1.82) is 0 Å². The van der Waals surface area contributed by atoms with E-state index in [1.807, 2.05) is 0 Å². The topological polar surface area (TPSA) is 64.9 Å². The van der Waals surface area contributed by atoms with Crippen LogP contribution in [0.15, 0.2) is 36.7 Å². The van der Waals surface area contributed by atoms with E-state index < -0.39 is 0 Å². The zero-order valence-electron chi connectivity index (χ0n) is 9.61. The fourth-order valence-corrected chi connectivity index (χ4v) is 2.06. The van der Waals surface area contributed by atoms with E-state index in [1.54, 1.807) is 24.5 Å². The summed E-state index contributed by atoms with van der Waals surface area (Å²) in [6, 6.07) is 5.56. The molecule has 0 radical (unpaired) electrons. The Morgan fingerprint density at radius 2 is 2.11 bits per heavy atom. The third kappa shape index (κ3) is 2.78. The lowest BCUT2D eigenvalue weighted by Crippen LogP contribution is -2.15. The van der Waals surface area contributed by atoms with E-state index in [1.165, 1.54) is 12.1 Å². The van der Waals surface area contributed by atoms with E-state index in [4.69, 9.17) is 23.1 Å². The van der Waals surface area contributed by atoms with Crippen LogP contribution in [0.5, 0.6) is 0 Å². The van der Waals surface area contributed by atoms with Crippen LogP contribution in [0.2, 0.25) is 5.02 Å². The quantitative estimate of drug-likeness (QED) is 0.897. The number of anilines is 1. The highest BCUT2D eigenvalue weighted by molar-refractivity contribution is 6.31. The predicted octanol–water partition coefficient (Wildman–Crippen LogP) is 2.70. The summed E-state index contributed by atoms with van der Waals surface area (Å²) in [5.41, 5.74) is 14.1. The number of pyridine rings is 1. The number of nitrogens with two attached hydrogens (primary N) is 2. The summed E-state index contributed by atoms with van der Waals surface area (Å²) in [4.78, 5) is 4.00. The van der Waals surface area contributed by atoms with Crippen LogP contribution in [0.1, 0.15) is 17.2 Å². The van der Waals surface area contributed by atoms with Crippen molar-refractivity contribution in [2.45, 2.75) is 12.5 Å². The van der Waals surface area contributed by atoms with Gasteiger partial charge in [-0.15, -0.1) is 0 Å². The van der Waals surface area contributed by atoms with E-state index in [0.29, 0.717) is 22.7 Å². The summed E-state index contributed by atoms with van der Waals surface area (Å²) in [6.07, 6.45) is 3.80.